The largest absolute Gasteiger partial charge is 0.481 e. The monoisotopic (exact) mass is 389 g/mol. The van der Waals surface area contributed by atoms with Gasteiger partial charge in [-0.15, -0.1) is 0 Å². The van der Waals surface area contributed by atoms with E-state index in [2.05, 4.69) is 10.6 Å². The predicted octanol–water partition coefficient (Wildman–Crippen LogP) is -3.75. The zero-order valence-corrected chi connectivity index (χ0v) is 14.4. The molecule has 0 aromatic carbocycles. The highest BCUT2D eigenvalue weighted by atomic mass is 16.4. The number of amides is 4. The molecule has 2 atom stereocenters. The van der Waals surface area contributed by atoms with Crippen molar-refractivity contribution in [2.75, 3.05) is 13.1 Å². The summed E-state index contributed by atoms with van der Waals surface area (Å²) in [5.41, 5.74) is 10.5. The van der Waals surface area contributed by atoms with Crippen LogP contribution in [0.3, 0.4) is 0 Å². The summed E-state index contributed by atoms with van der Waals surface area (Å²) < 4.78 is 0. The quantitative estimate of drug-likeness (QED) is 0.164. The third-order valence-electron chi connectivity index (χ3n) is 3.18. The highest BCUT2D eigenvalue weighted by molar-refractivity contribution is 5.92. The van der Waals surface area contributed by atoms with E-state index in [1.165, 1.54) is 0 Å². The maximum atomic E-state index is 12.1. The molecule has 0 rings (SSSR count). The van der Waals surface area contributed by atoms with E-state index < -0.39 is 67.2 Å². The molecule has 0 aliphatic rings. The van der Waals surface area contributed by atoms with Crippen molar-refractivity contribution in [2.24, 2.45) is 11.5 Å². The van der Waals surface area contributed by atoms with E-state index in [0.717, 1.165) is 0 Å². The fourth-order valence-electron chi connectivity index (χ4n) is 1.77. The van der Waals surface area contributed by atoms with Crippen LogP contribution < -0.4 is 27.4 Å². The molecule has 152 valence electrons. The molecule has 0 heterocycles. The lowest BCUT2D eigenvalue weighted by molar-refractivity contribution is -0.138. The predicted molar refractivity (Wildman–Crippen MR) is 88.9 cm³/mol. The Morgan fingerprint density at radius 2 is 1.44 bits per heavy atom. The Morgan fingerprint density at radius 1 is 0.815 bits per heavy atom. The molecule has 0 aliphatic heterocycles. The van der Waals surface area contributed by atoms with E-state index in [4.69, 9.17) is 21.7 Å². The molecule has 13 nitrogen and oxygen atoms in total. The standard InChI is InChI=1S/C14H23N5O8/c15-7(1-3-9(16)20)13(26)19-8(2-4-11(22)23)14(27)18-5-10(21)17-6-12(24)25/h7-8H,1-6,15H2,(H2,16,20)(H,17,21)(H,18,27)(H,19,26)(H,22,23)(H,24,25). The Morgan fingerprint density at radius 3 is 1.96 bits per heavy atom. The summed E-state index contributed by atoms with van der Waals surface area (Å²) in [5, 5.41) is 23.6. The van der Waals surface area contributed by atoms with Crippen LogP contribution in [0.4, 0.5) is 0 Å². The molecular formula is C14H23N5O8. The van der Waals surface area contributed by atoms with Crippen molar-refractivity contribution in [1.82, 2.24) is 16.0 Å². The van der Waals surface area contributed by atoms with Crippen molar-refractivity contribution in [3.8, 4) is 0 Å². The highest BCUT2D eigenvalue weighted by Gasteiger charge is 2.25. The number of hydrogen-bond acceptors (Lipinski definition) is 7. The number of nitrogens with one attached hydrogen (secondary N) is 3. The van der Waals surface area contributed by atoms with Gasteiger partial charge in [-0.25, -0.2) is 0 Å². The maximum Gasteiger partial charge on any atom is 0.322 e. The summed E-state index contributed by atoms with van der Waals surface area (Å²) in [5.74, 6) is -5.57. The van der Waals surface area contributed by atoms with Crippen molar-refractivity contribution in [1.29, 1.82) is 0 Å². The van der Waals surface area contributed by atoms with Crippen LogP contribution in [0, 0.1) is 0 Å². The van der Waals surface area contributed by atoms with E-state index >= 15 is 0 Å². The molecule has 0 saturated heterocycles. The number of rotatable bonds is 13. The minimum atomic E-state index is -1.29. The van der Waals surface area contributed by atoms with Crippen LogP contribution >= 0.6 is 0 Å². The van der Waals surface area contributed by atoms with Gasteiger partial charge in [-0.2, -0.15) is 0 Å². The van der Waals surface area contributed by atoms with Gasteiger partial charge in [0, 0.05) is 12.8 Å². The van der Waals surface area contributed by atoms with Crippen molar-refractivity contribution < 1.29 is 39.0 Å². The van der Waals surface area contributed by atoms with Crippen LogP contribution in [0.1, 0.15) is 25.7 Å². The molecule has 0 fully saturated rings. The average Bonchev–Trinajstić information content (AvgIpc) is 2.58. The van der Waals surface area contributed by atoms with Gasteiger partial charge in [-0.3, -0.25) is 28.8 Å². The third-order valence-corrected chi connectivity index (χ3v) is 3.18. The molecular weight excluding hydrogens is 366 g/mol. The van der Waals surface area contributed by atoms with Crippen molar-refractivity contribution in [3.05, 3.63) is 0 Å². The summed E-state index contributed by atoms with van der Waals surface area (Å²) in [7, 11) is 0. The van der Waals surface area contributed by atoms with Gasteiger partial charge < -0.3 is 37.6 Å². The fourth-order valence-corrected chi connectivity index (χ4v) is 1.77. The Labute approximate surface area is 153 Å². The summed E-state index contributed by atoms with van der Waals surface area (Å²) in [4.78, 5) is 67.2. The number of carbonyl (C=O) groups is 6. The Hall–Kier alpha value is -3.22. The number of carbonyl (C=O) groups excluding carboxylic acids is 4. The lowest BCUT2D eigenvalue weighted by Gasteiger charge is -2.20. The summed E-state index contributed by atoms with van der Waals surface area (Å²) in [6.45, 7) is -1.21. The van der Waals surface area contributed by atoms with Crippen LogP contribution in [0.15, 0.2) is 0 Å². The highest BCUT2D eigenvalue weighted by Crippen LogP contribution is 2.01. The van der Waals surface area contributed by atoms with Gasteiger partial charge in [0.15, 0.2) is 0 Å². The minimum absolute atomic E-state index is 0.0635. The zero-order chi connectivity index (χ0) is 21.0. The average molecular weight is 389 g/mol. The van der Waals surface area contributed by atoms with E-state index in [1.54, 1.807) is 0 Å². The van der Waals surface area contributed by atoms with Crippen molar-refractivity contribution in [3.63, 3.8) is 0 Å². The van der Waals surface area contributed by atoms with Crippen LogP contribution in [0.5, 0.6) is 0 Å². The number of primary amides is 1. The summed E-state index contributed by atoms with van der Waals surface area (Å²) in [6, 6.07) is -2.43. The summed E-state index contributed by atoms with van der Waals surface area (Å²) in [6.07, 6.45) is -0.928. The van der Waals surface area contributed by atoms with Crippen LogP contribution in [-0.2, 0) is 28.8 Å². The van der Waals surface area contributed by atoms with Gasteiger partial charge >= 0.3 is 11.9 Å². The molecule has 9 N–H and O–H groups in total. The van der Waals surface area contributed by atoms with Crippen molar-refractivity contribution >= 4 is 35.6 Å². The van der Waals surface area contributed by atoms with E-state index in [0.29, 0.717) is 0 Å². The Kier molecular flexibility index (Phi) is 10.7. The first-order chi connectivity index (χ1) is 12.5. The minimum Gasteiger partial charge on any atom is -0.481 e. The van der Waals surface area contributed by atoms with Crippen LogP contribution in [0.2, 0.25) is 0 Å². The Bertz CT molecular complexity index is 594. The fraction of sp³-hybridized carbons (Fsp3) is 0.571. The molecule has 0 aliphatic carbocycles. The maximum absolute atomic E-state index is 12.1. The molecule has 2 unspecified atom stereocenters. The first kappa shape index (κ1) is 23.8. The molecule has 0 saturated carbocycles. The number of nitrogens with two attached hydrogens (primary N) is 2. The lowest BCUT2D eigenvalue weighted by atomic mass is 10.1. The molecule has 27 heavy (non-hydrogen) atoms. The Balaban J connectivity index is 4.72. The number of aliphatic carboxylic acids is 2. The second-order valence-electron chi connectivity index (χ2n) is 5.49. The van der Waals surface area contributed by atoms with Crippen molar-refractivity contribution in [2.45, 2.75) is 37.8 Å². The molecule has 0 spiro atoms. The molecule has 13 heteroatoms. The molecule has 0 bridgehead atoms. The van der Waals surface area contributed by atoms with Gasteiger partial charge in [-0.1, -0.05) is 0 Å². The van der Waals surface area contributed by atoms with Gasteiger partial charge in [0.2, 0.25) is 23.6 Å². The molecule has 0 aromatic rings. The molecule has 4 amide bonds. The topological polar surface area (TPSA) is 231 Å². The molecule has 0 aromatic heterocycles. The van der Waals surface area contributed by atoms with Gasteiger partial charge in [0.25, 0.3) is 0 Å². The smallest absolute Gasteiger partial charge is 0.322 e. The van der Waals surface area contributed by atoms with Gasteiger partial charge in [-0.05, 0) is 12.8 Å². The van der Waals surface area contributed by atoms with E-state index in [9.17, 15) is 28.8 Å². The van der Waals surface area contributed by atoms with Gasteiger partial charge in [0.1, 0.15) is 12.6 Å². The van der Waals surface area contributed by atoms with Crippen LogP contribution in [0.25, 0.3) is 0 Å². The lowest BCUT2D eigenvalue weighted by Crippen LogP contribution is -2.53. The van der Waals surface area contributed by atoms with Crippen LogP contribution in [-0.4, -0.2) is 71.0 Å². The third kappa shape index (κ3) is 11.9. The first-order valence-corrected chi connectivity index (χ1v) is 7.85. The summed E-state index contributed by atoms with van der Waals surface area (Å²) >= 11 is 0. The number of hydrogen-bond donors (Lipinski definition) is 7. The SMILES string of the molecule is NC(=O)CCC(N)C(=O)NC(CCC(=O)O)C(=O)NCC(=O)NCC(=O)O. The molecule has 0 radical (unpaired) electrons. The van der Waals surface area contributed by atoms with Gasteiger partial charge in [0.05, 0.1) is 12.6 Å². The van der Waals surface area contributed by atoms with E-state index in [1.807, 2.05) is 5.32 Å². The number of carboxylic acid groups (broad SMARTS) is 2. The first-order valence-electron chi connectivity index (χ1n) is 7.85. The normalized spacial score (nSPS) is 12.3. The second-order valence-corrected chi connectivity index (χ2v) is 5.49. The van der Waals surface area contributed by atoms with E-state index in [-0.39, 0.29) is 19.3 Å². The second kappa shape index (κ2) is 12.2. The number of carboxylic acids is 2. The zero-order valence-electron chi connectivity index (χ0n) is 14.4.